The molecule has 0 atom stereocenters. The number of rotatable bonds is 2. The van der Waals surface area contributed by atoms with Crippen LogP contribution >= 0.6 is 0 Å². The second-order valence-electron chi connectivity index (χ2n) is 2.89. The molecule has 0 saturated heterocycles. The molecular formula is C7H11N3O2S. The van der Waals surface area contributed by atoms with Gasteiger partial charge in [-0.15, -0.1) is 0 Å². The van der Waals surface area contributed by atoms with Gasteiger partial charge in [0.25, 0.3) is 0 Å². The molecule has 0 aliphatic carbocycles. The van der Waals surface area contributed by atoms with E-state index in [-0.39, 0.29) is 5.75 Å². The van der Waals surface area contributed by atoms with Crippen molar-refractivity contribution in [3.63, 3.8) is 0 Å². The topological polar surface area (TPSA) is 55.2 Å². The summed E-state index contributed by atoms with van der Waals surface area (Å²) in [6.07, 6.45) is 1.62. The van der Waals surface area contributed by atoms with E-state index >= 15 is 0 Å². The van der Waals surface area contributed by atoms with E-state index in [4.69, 9.17) is 0 Å². The van der Waals surface area contributed by atoms with Crippen molar-refractivity contribution in [2.75, 3.05) is 16.6 Å². The molecule has 13 heavy (non-hydrogen) atoms. The number of anilines is 1. The van der Waals surface area contributed by atoms with Crippen molar-refractivity contribution in [2.24, 2.45) is 0 Å². The predicted octanol–water partition coefficient (Wildman–Crippen LogP) is 0.0528. The fourth-order valence-electron chi connectivity index (χ4n) is 1.45. The fourth-order valence-corrected chi connectivity index (χ4v) is 2.56. The van der Waals surface area contributed by atoms with Gasteiger partial charge in [0.1, 0.15) is 5.82 Å². The lowest BCUT2D eigenvalue weighted by Gasteiger charge is -2.15. The SMILES string of the molecule is CCS(=O)(=O)N1CCn2nccc21. The Morgan fingerprint density at radius 1 is 1.54 bits per heavy atom. The minimum atomic E-state index is -3.11. The normalized spacial score (nSPS) is 16.2. The third kappa shape index (κ3) is 1.21. The van der Waals surface area contributed by atoms with Crippen LogP contribution in [0.2, 0.25) is 0 Å². The number of aromatic nitrogens is 2. The maximum absolute atomic E-state index is 11.5. The first-order valence-electron chi connectivity index (χ1n) is 4.17. The van der Waals surface area contributed by atoms with Crippen molar-refractivity contribution < 1.29 is 8.42 Å². The van der Waals surface area contributed by atoms with Gasteiger partial charge in [0.05, 0.1) is 25.0 Å². The Balaban J connectivity index is 2.41. The Labute approximate surface area is 77.0 Å². The number of hydrogen-bond donors (Lipinski definition) is 0. The van der Waals surface area contributed by atoms with Crippen LogP contribution < -0.4 is 4.31 Å². The number of fused-ring (bicyclic) bond motifs is 1. The van der Waals surface area contributed by atoms with Gasteiger partial charge in [-0.2, -0.15) is 5.10 Å². The van der Waals surface area contributed by atoms with Crippen LogP contribution in [0.25, 0.3) is 0 Å². The van der Waals surface area contributed by atoms with E-state index in [0.717, 1.165) is 0 Å². The molecule has 0 N–H and O–H groups in total. The van der Waals surface area contributed by atoms with Crippen LogP contribution in [-0.4, -0.2) is 30.5 Å². The minimum Gasteiger partial charge on any atom is -0.252 e. The molecule has 0 amide bonds. The molecule has 2 rings (SSSR count). The molecule has 1 aromatic rings. The Bertz CT molecular complexity index is 409. The van der Waals surface area contributed by atoms with Gasteiger partial charge in [0, 0.05) is 6.07 Å². The molecule has 0 saturated carbocycles. The van der Waals surface area contributed by atoms with Gasteiger partial charge in [0.2, 0.25) is 10.0 Å². The number of nitrogens with zero attached hydrogens (tertiary/aromatic N) is 3. The standard InChI is InChI=1S/C7H11N3O2S/c1-2-13(11,12)10-6-5-9-7(10)3-4-8-9/h3-4H,2,5-6H2,1H3. The van der Waals surface area contributed by atoms with Gasteiger partial charge in [-0.1, -0.05) is 0 Å². The first-order chi connectivity index (χ1) is 6.15. The largest absolute Gasteiger partial charge is 0.252 e. The summed E-state index contributed by atoms with van der Waals surface area (Å²) in [5, 5.41) is 4.01. The second-order valence-corrected chi connectivity index (χ2v) is 5.07. The fraction of sp³-hybridized carbons (Fsp3) is 0.571. The summed E-state index contributed by atoms with van der Waals surface area (Å²) < 4.78 is 26.2. The number of hydrogen-bond acceptors (Lipinski definition) is 3. The summed E-state index contributed by atoms with van der Waals surface area (Å²) in [5.41, 5.74) is 0. The van der Waals surface area contributed by atoms with E-state index in [1.807, 2.05) is 0 Å². The summed E-state index contributed by atoms with van der Waals surface area (Å²) in [7, 11) is -3.11. The summed E-state index contributed by atoms with van der Waals surface area (Å²) >= 11 is 0. The third-order valence-corrected chi connectivity index (χ3v) is 3.94. The van der Waals surface area contributed by atoms with Crippen molar-refractivity contribution in [1.29, 1.82) is 0 Å². The molecule has 0 radical (unpaired) electrons. The first-order valence-corrected chi connectivity index (χ1v) is 5.78. The van der Waals surface area contributed by atoms with Gasteiger partial charge in [0.15, 0.2) is 0 Å². The first kappa shape index (κ1) is 8.55. The van der Waals surface area contributed by atoms with Crippen molar-refractivity contribution in [1.82, 2.24) is 9.78 Å². The predicted molar refractivity (Wildman–Crippen MR) is 49.0 cm³/mol. The quantitative estimate of drug-likeness (QED) is 0.679. The van der Waals surface area contributed by atoms with Crippen LogP contribution in [0.3, 0.4) is 0 Å². The Kier molecular flexibility index (Phi) is 1.80. The molecule has 6 heteroatoms. The summed E-state index contributed by atoms with van der Waals surface area (Å²) in [5.74, 6) is 0.819. The maximum Gasteiger partial charge on any atom is 0.236 e. The Hall–Kier alpha value is -1.04. The Morgan fingerprint density at radius 2 is 2.31 bits per heavy atom. The molecule has 0 unspecified atom stereocenters. The average molecular weight is 201 g/mol. The number of sulfonamides is 1. The van der Waals surface area contributed by atoms with E-state index in [1.165, 1.54) is 4.31 Å². The van der Waals surface area contributed by atoms with Crippen molar-refractivity contribution in [2.45, 2.75) is 13.5 Å². The zero-order valence-electron chi connectivity index (χ0n) is 7.34. The second kappa shape index (κ2) is 2.73. The van der Waals surface area contributed by atoms with Gasteiger partial charge >= 0.3 is 0 Å². The highest BCUT2D eigenvalue weighted by Crippen LogP contribution is 2.22. The van der Waals surface area contributed by atoms with E-state index in [2.05, 4.69) is 5.10 Å². The van der Waals surface area contributed by atoms with E-state index in [1.54, 1.807) is 23.9 Å². The lowest BCUT2D eigenvalue weighted by molar-refractivity contribution is 0.593. The average Bonchev–Trinajstić information content (AvgIpc) is 2.62. The highest BCUT2D eigenvalue weighted by Gasteiger charge is 2.28. The van der Waals surface area contributed by atoms with Crippen LogP contribution in [0.5, 0.6) is 0 Å². The maximum atomic E-state index is 11.5. The highest BCUT2D eigenvalue weighted by molar-refractivity contribution is 7.92. The Morgan fingerprint density at radius 3 is 3.00 bits per heavy atom. The van der Waals surface area contributed by atoms with Gasteiger partial charge < -0.3 is 0 Å². The van der Waals surface area contributed by atoms with E-state index in [9.17, 15) is 8.42 Å². The van der Waals surface area contributed by atoms with Gasteiger partial charge in [-0.25, -0.2) is 13.1 Å². The van der Waals surface area contributed by atoms with Crippen molar-refractivity contribution >= 4 is 15.8 Å². The minimum absolute atomic E-state index is 0.137. The molecule has 5 nitrogen and oxygen atoms in total. The lowest BCUT2D eigenvalue weighted by atomic mass is 10.6. The molecule has 1 aliphatic rings. The molecular weight excluding hydrogens is 190 g/mol. The molecule has 0 bridgehead atoms. The van der Waals surface area contributed by atoms with Gasteiger partial charge in [-0.05, 0) is 6.92 Å². The van der Waals surface area contributed by atoms with Crippen LogP contribution in [0.15, 0.2) is 12.3 Å². The van der Waals surface area contributed by atoms with E-state index in [0.29, 0.717) is 18.9 Å². The monoisotopic (exact) mass is 201 g/mol. The van der Waals surface area contributed by atoms with Crippen LogP contribution in [0.1, 0.15) is 6.92 Å². The lowest BCUT2D eigenvalue weighted by Crippen LogP contribution is -2.30. The molecule has 1 aromatic heterocycles. The zero-order chi connectivity index (χ0) is 9.47. The summed E-state index contributed by atoms with van der Waals surface area (Å²) in [4.78, 5) is 0. The van der Waals surface area contributed by atoms with Crippen molar-refractivity contribution in [3.8, 4) is 0 Å². The molecule has 0 spiro atoms. The summed E-state index contributed by atoms with van der Waals surface area (Å²) in [6, 6.07) is 1.72. The summed E-state index contributed by atoms with van der Waals surface area (Å²) in [6.45, 7) is 2.81. The smallest absolute Gasteiger partial charge is 0.236 e. The molecule has 2 heterocycles. The molecule has 0 aromatic carbocycles. The van der Waals surface area contributed by atoms with Crippen LogP contribution in [0, 0.1) is 0 Å². The zero-order valence-corrected chi connectivity index (χ0v) is 8.16. The van der Waals surface area contributed by atoms with Crippen molar-refractivity contribution in [3.05, 3.63) is 12.3 Å². The van der Waals surface area contributed by atoms with Crippen LogP contribution in [0.4, 0.5) is 5.82 Å². The third-order valence-electron chi connectivity index (χ3n) is 2.17. The molecule has 0 fully saturated rings. The van der Waals surface area contributed by atoms with E-state index < -0.39 is 10.0 Å². The molecule has 1 aliphatic heterocycles. The highest BCUT2D eigenvalue weighted by atomic mass is 32.2. The molecule has 72 valence electrons. The van der Waals surface area contributed by atoms with Crippen LogP contribution in [-0.2, 0) is 16.6 Å². The van der Waals surface area contributed by atoms with Gasteiger partial charge in [-0.3, -0.25) is 4.31 Å².